The Morgan fingerprint density at radius 1 is 0.582 bits per heavy atom. The summed E-state index contributed by atoms with van der Waals surface area (Å²) in [6.07, 6.45) is 52.8. The Bertz CT molecular complexity index is 1310. The van der Waals surface area contributed by atoms with Crippen molar-refractivity contribution < 1.29 is 43.0 Å². The summed E-state index contributed by atoms with van der Waals surface area (Å²) < 4.78 is 26.2. The van der Waals surface area contributed by atoms with Gasteiger partial charge in [0.15, 0.2) is 6.10 Å². The Labute approximate surface area is 331 Å². The van der Waals surface area contributed by atoms with Crippen molar-refractivity contribution in [3.63, 3.8) is 0 Å². The van der Waals surface area contributed by atoms with Crippen molar-refractivity contribution in [1.82, 2.24) is 0 Å². The van der Waals surface area contributed by atoms with Gasteiger partial charge < -0.3 is 24.4 Å². The molecule has 0 spiro atoms. The molecule has 2 atom stereocenters. The number of hydrogen-bond donors (Lipinski definition) is 3. The molecule has 308 valence electrons. The molecule has 0 saturated carbocycles. The minimum atomic E-state index is -4.80. The van der Waals surface area contributed by atoms with Crippen molar-refractivity contribution >= 4 is 19.8 Å². The van der Waals surface area contributed by atoms with E-state index in [4.69, 9.17) is 19.3 Å². The summed E-state index contributed by atoms with van der Waals surface area (Å²) in [5.74, 6) is -1.09. The molecule has 0 aliphatic rings. The molecule has 55 heavy (non-hydrogen) atoms. The third kappa shape index (κ3) is 41.4. The number of phosphoric acid groups is 1. The van der Waals surface area contributed by atoms with Gasteiger partial charge in [-0.3, -0.25) is 14.1 Å². The monoisotopic (exact) mass is 784 g/mol. The van der Waals surface area contributed by atoms with Crippen LogP contribution in [0.5, 0.6) is 0 Å². The number of aliphatic hydroxyl groups excluding tert-OH is 1. The zero-order valence-electron chi connectivity index (χ0n) is 33.4. The second-order valence-electron chi connectivity index (χ2n) is 12.7. The molecule has 0 amide bonds. The highest BCUT2D eigenvalue weighted by Crippen LogP contribution is 2.35. The van der Waals surface area contributed by atoms with Gasteiger partial charge in [0.1, 0.15) is 6.61 Å². The third-order valence-electron chi connectivity index (χ3n) is 7.55. The molecular formula is C45H69O9P. The molecule has 10 heteroatoms. The summed E-state index contributed by atoms with van der Waals surface area (Å²) in [4.78, 5) is 42.7. The van der Waals surface area contributed by atoms with E-state index in [0.717, 1.165) is 44.9 Å². The number of phosphoric ester groups is 1. The minimum absolute atomic E-state index is 0.0598. The van der Waals surface area contributed by atoms with Crippen LogP contribution in [0.1, 0.15) is 123 Å². The molecular weight excluding hydrogens is 715 g/mol. The van der Waals surface area contributed by atoms with E-state index in [1.807, 2.05) is 61.6 Å². The van der Waals surface area contributed by atoms with Crippen LogP contribution in [0.2, 0.25) is 0 Å². The predicted molar refractivity (Wildman–Crippen MR) is 226 cm³/mol. The van der Waals surface area contributed by atoms with Crippen LogP contribution in [-0.4, -0.2) is 52.3 Å². The number of ether oxygens (including phenoxy) is 2. The van der Waals surface area contributed by atoms with Crippen LogP contribution < -0.4 is 0 Å². The van der Waals surface area contributed by atoms with Crippen molar-refractivity contribution in [3.05, 3.63) is 122 Å². The third-order valence-corrected chi connectivity index (χ3v) is 8.04. The van der Waals surface area contributed by atoms with Gasteiger partial charge in [0.05, 0.1) is 12.7 Å². The second kappa shape index (κ2) is 38.7. The Morgan fingerprint density at radius 3 is 1.64 bits per heavy atom. The Hall–Kier alpha value is -3.59. The first-order valence-electron chi connectivity index (χ1n) is 19.9. The number of carbonyl (C=O) groups is 2. The number of allylic oxidation sites excluding steroid dienone is 18. The zero-order valence-corrected chi connectivity index (χ0v) is 34.3. The van der Waals surface area contributed by atoms with E-state index in [2.05, 4.69) is 72.2 Å². The Morgan fingerprint density at radius 2 is 1.09 bits per heavy atom. The maximum Gasteiger partial charge on any atom is 0.469 e. The molecule has 0 aromatic rings. The Balaban J connectivity index is 4.24. The lowest BCUT2D eigenvalue weighted by Gasteiger charge is -2.18. The molecule has 0 rings (SSSR count). The van der Waals surface area contributed by atoms with E-state index >= 15 is 0 Å². The number of aliphatic hydroxyl groups is 1. The summed E-state index contributed by atoms with van der Waals surface area (Å²) in [5, 5.41) is 9.73. The van der Waals surface area contributed by atoms with Crippen molar-refractivity contribution in [1.29, 1.82) is 0 Å². The van der Waals surface area contributed by atoms with Crippen molar-refractivity contribution in [2.45, 2.75) is 135 Å². The molecule has 0 aromatic heterocycles. The molecule has 0 aliphatic carbocycles. The van der Waals surface area contributed by atoms with Gasteiger partial charge in [-0.15, -0.1) is 0 Å². The topological polar surface area (TPSA) is 140 Å². The molecule has 0 saturated heterocycles. The van der Waals surface area contributed by atoms with Gasteiger partial charge in [-0.2, -0.15) is 0 Å². The van der Waals surface area contributed by atoms with Gasteiger partial charge in [0, 0.05) is 12.8 Å². The summed E-state index contributed by atoms with van der Waals surface area (Å²) >= 11 is 0. The number of rotatable bonds is 34. The smallest absolute Gasteiger partial charge is 0.462 e. The number of carbonyl (C=O) groups excluding carboxylic acids is 2. The number of esters is 2. The minimum Gasteiger partial charge on any atom is -0.462 e. The highest BCUT2D eigenvalue weighted by Gasteiger charge is 2.22. The van der Waals surface area contributed by atoms with Crippen molar-refractivity contribution in [2.24, 2.45) is 0 Å². The van der Waals surface area contributed by atoms with Crippen LogP contribution in [0.15, 0.2) is 122 Å². The normalized spacial score (nSPS) is 14.3. The van der Waals surface area contributed by atoms with Gasteiger partial charge >= 0.3 is 19.8 Å². The van der Waals surface area contributed by atoms with E-state index in [9.17, 15) is 19.3 Å². The van der Waals surface area contributed by atoms with E-state index in [-0.39, 0.29) is 19.4 Å². The molecule has 0 fully saturated rings. The summed E-state index contributed by atoms with van der Waals surface area (Å²) in [7, 11) is -4.80. The average molecular weight is 785 g/mol. The Kier molecular flexibility index (Phi) is 36.2. The molecule has 0 radical (unpaired) electrons. The fourth-order valence-corrected chi connectivity index (χ4v) is 4.95. The van der Waals surface area contributed by atoms with Crippen LogP contribution in [-0.2, 0) is 28.2 Å². The van der Waals surface area contributed by atoms with Crippen LogP contribution in [0, 0.1) is 0 Å². The van der Waals surface area contributed by atoms with E-state index in [1.54, 1.807) is 6.08 Å². The maximum atomic E-state index is 12.4. The first-order chi connectivity index (χ1) is 26.7. The standard InChI is InChI=1S/C45H69O9P/c1-3-5-7-8-9-10-11-12-13-14-15-16-17-18-23-26-29-32-35-39-45(48)54-43(41-53-55(49,50)51)40-52-44(47)38-34-31-28-25-22-20-19-21-24-27-30-33-37-42(46)36-6-4-2/h6,9-10,12-13,15-16,18-20,23-25,27-30,32-33,36,42-43,46H,3-5,7-8,11,14,17,21-22,26,31,34-35,37-41H2,1-2H3,(H2,49,50,51)/b10-9-,13-12-,16-15-,20-19-,23-18-,27-24-,28-25-,32-29-,33-30+,36-6-/t42?,43-/m1/s1. The average Bonchev–Trinajstić information content (AvgIpc) is 3.15. The zero-order chi connectivity index (χ0) is 40.5. The van der Waals surface area contributed by atoms with E-state index < -0.39 is 38.6 Å². The SMILES string of the molecule is CC/C=C\C(O)C/C=C/C=C\C/C=C\C/C=C\CCCC(=O)OC[C@H](COP(=O)(O)O)OC(=O)CC/C=C\C/C=C\C/C=C\C/C=C\C/C=C\CCCCC. The summed E-state index contributed by atoms with van der Waals surface area (Å²) in [5.41, 5.74) is 0. The van der Waals surface area contributed by atoms with Crippen LogP contribution >= 0.6 is 7.82 Å². The molecule has 0 heterocycles. The fourth-order valence-electron chi connectivity index (χ4n) is 4.59. The number of hydrogen-bond acceptors (Lipinski definition) is 7. The highest BCUT2D eigenvalue weighted by molar-refractivity contribution is 7.46. The lowest BCUT2D eigenvalue weighted by molar-refractivity contribution is -0.161. The second-order valence-corrected chi connectivity index (χ2v) is 14.0. The lowest BCUT2D eigenvalue weighted by Crippen LogP contribution is -2.29. The first kappa shape index (κ1) is 51.4. The molecule has 0 bridgehead atoms. The lowest BCUT2D eigenvalue weighted by atomic mass is 10.2. The highest BCUT2D eigenvalue weighted by atomic mass is 31.2. The van der Waals surface area contributed by atoms with Crippen molar-refractivity contribution in [2.75, 3.05) is 13.2 Å². The first-order valence-corrected chi connectivity index (χ1v) is 21.5. The number of unbranched alkanes of at least 4 members (excludes halogenated alkanes) is 4. The largest absolute Gasteiger partial charge is 0.469 e. The summed E-state index contributed by atoms with van der Waals surface area (Å²) in [6.45, 7) is 3.28. The van der Waals surface area contributed by atoms with Gasteiger partial charge in [-0.1, -0.05) is 148 Å². The van der Waals surface area contributed by atoms with Crippen molar-refractivity contribution in [3.8, 4) is 0 Å². The molecule has 0 aliphatic heterocycles. The maximum absolute atomic E-state index is 12.4. The summed E-state index contributed by atoms with van der Waals surface area (Å²) in [6, 6.07) is 0. The van der Waals surface area contributed by atoms with Crippen LogP contribution in [0.25, 0.3) is 0 Å². The van der Waals surface area contributed by atoms with Crippen LogP contribution in [0.3, 0.4) is 0 Å². The molecule has 3 N–H and O–H groups in total. The quantitative estimate of drug-likeness (QED) is 0.0191. The van der Waals surface area contributed by atoms with E-state index in [0.29, 0.717) is 25.7 Å². The fraction of sp³-hybridized carbons (Fsp3) is 0.511. The van der Waals surface area contributed by atoms with Gasteiger partial charge in [-0.05, 0) is 83.5 Å². The van der Waals surface area contributed by atoms with Gasteiger partial charge in [0.2, 0.25) is 0 Å². The van der Waals surface area contributed by atoms with Gasteiger partial charge in [0.25, 0.3) is 0 Å². The van der Waals surface area contributed by atoms with Crippen LogP contribution in [0.4, 0.5) is 0 Å². The molecule has 0 aromatic carbocycles. The molecule has 9 nitrogen and oxygen atoms in total. The molecule has 1 unspecified atom stereocenters. The van der Waals surface area contributed by atoms with Gasteiger partial charge in [-0.25, -0.2) is 4.57 Å². The predicted octanol–water partition coefficient (Wildman–Crippen LogP) is 11.1. The van der Waals surface area contributed by atoms with E-state index in [1.165, 1.54) is 25.7 Å².